The van der Waals surface area contributed by atoms with Crippen molar-refractivity contribution in [3.63, 3.8) is 0 Å². The smallest absolute Gasteiger partial charge is 0.315 e. The van der Waals surface area contributed by atoms with E-state index < -0.39 is 0 Å². The number of nitrogens with one attached hydrogen (secondary N) is 3. The first-order valence-corrected chi connectivity index (χ1v) is 12.2. The summed E-state index contributed by atoms with van der Waals surface area (Å²) in [6, 6.07) is 5.71. The summed E-state index contributed by atoms with van der Waals surface area (Å²) in [4.78, 5) is 36.3. The van der Waals surface area contributed by atoms with Crippen LogP contribution in [0.1, 0.15) is 36.2 Å². The van der Waals surface area contributed by atoms with Crippen molar-refractivity contribution in [1.82, 2.24) is 21.1 Å². The van der Waals surface area contributed by atoms with Crippen LogP contribution in [0, 0.1) is 0 Å². The fraction of sp³-hybridized carbons (Fsp3) is 0.500. The molecule has 2 aliphatic rings. The van der Waals surface area contributed by atoms with Crippen molar-refractivity contribution in [2.75, 3.05) is 18.9 Å². The first-order chi connectivity index (χ1) is 15.1. The van der Waals surface area contributed by atoms with Crippen LogP contribution in [-0.4, -0.2) is 59.3 Å². The van der Waals surface area contributed by atoms with Crippen molar-refractivity contribution in [2.24, 2.45) is 0 Å². The van der Waals surface area contributed by atoms with Gasteiger partial charge in [0.15, 0.2) is 11.5 Å². The average Bonchev–Trinajstić information content (AvgIpc) is 3.53. The summed E-state index contributed by atoms with van der Waals surface area (Å²) in [6.45, 7) is 0.320. The Morgan fingerprint density at radius 1 is 1.32 bits per heavy atom. The monoisotopic (exact) mass is 464 g/mol. The van der Waals surface area contributed by atoms with Crippen LogP contribution in [0.2, 0.25) is 0 Å². The van der Waals surface area contributed by atoms with Crippen LogP contribution in [-0.2, 0) is 9.53 Å². The number of esters is 1. The zero-order valence-electron chi connectivity index (χ0n) is 16.8. The highest BCUT2D eigenvalue weighted by molar-refractivity contribution is 8.00. The fourth-order valence-corrected chi connectivity index (χ4v) is 5.88. The summed E-state index contributed by atoms with van der Waals surface area (Å²) in [5.41, 5.74) is 0.190. The first kappa shape index (κ1) is 21.7. The van der Waals surface area contributed by atoms with E-state index in [0.717, 1.165) is 29.9 Å². The number of thiophene rings is 1. The van der Waals surface area contributed by atoms with Gasteiger partial charge in [-0.25, -0.2) is 4.79 Å². The van der Waals surface area contributed by atoms with Crippen LogP contribution < -0.4 is 16.0 Å². The third kappa shape index (κ3) is 5.59. The van der Waals surface area contributed by atoms with Gasteiger partial charge in [-0.2, -0.15) is 11.8 Å². The number of nitrogens with zero attached hydrogens (tertiary/aromatic N) is 1. The number of aromatic nitrogens is 1. The maximum Gasteiger partial charge on any atom is 0.315 e. The van der Waals surface area contributed by atoms with Gasteiger partial charge in [0.25, 0.3) is 5.91 Å². The van der Waals surface area contributed by atoms with Crippen molar-refractivity contribution < 1.29 is 23.6 Å². The molecule has 31 heavy (non-hydrogen) atoms. The zero-order chi connectivity index (χ0) is 21.6. The number of fused-ring (bicyclic) bond motifs is 1. The predicted octanol–water partition coefficient (Wildman–Crippen LogP) is 2.40. The number of thioether (sulfide) groups is 1. The van der Waals surface area contributed by atoms with Gasteiger partial charge in [0.1, 0.15) is 6.61 Å². The molecule has 2 fully saturated rings. The lowest BCUT2D eigenvalue weighted by atomic mass is 10.0. The molecule has 4 rings (SSSR count). The molecule has 3 amide bonds. The Hall–Kier alpha value is -2.53. The van der Waals surface area contributed by atoms with Crippen LogP contribution in [0.15, 0.2) is 28.1 Å². The van der Waals surface area contributed by atoms with Gasteiger partial charge in [0.2, 0.25) is 0 Å². The summed E-state index contributed by atoms with van der Waals surface area (Å²) in [5.74, 6) is 0.836. The molecule has 3 atom stereocenters. The van der Waals surface area contributed by atoms with E-state index in [1.807, 2.05) is 29.3 Å². The number of ether oxygens (including phenoxy) is 1. The molecule has 0 aromatic carbocycles. The highest BCUT2D eigenvalue weighted by Gasteiger charge is 2.42. The summed E-state index contributed by atoms with van der Waals surface area (Å²) in [5, 5.41) is 14.7. The van der Waals surface area contributed by atoms with Gasteiger partial charge in [-0.3, -0.25) is 9.59 Å². The molecule has 0 radical (unpaired) electrons. The van der Waals surface area contributed by atoms with E-state index in [1.54, 1.807) is 6.07 Å². The highest BCUT2D eigenvalue weighted by Crippen LogP contribution is 2.33. The molecule has 0 aliphatic carbocycles. The van der Waals surface area contributed by atoms with Crippen molar-refractivity contribution in [2.45, 2.75) is 43.0 Å². The standard InChI is InChI=1S/C20H24N4O5S2/c25-17(6-2-1-4-16-18-13(11-31-16)22-20(27)23-18)28-8-7-21-19(26)12-10-14(29-24-12)15-5-3-9-30-15/h3,5,9-10,13,16,18H,1-2,4,6-8,11H2,(H,21,26)(H2,22,23,27)/t13-,16-,18-/m0/s1. The number of rotatable bonds is 10. The van der Waals surface area contributed by atoms with Crippen LogP contribution in [0.3, 0.4) is 0 Å². The Balaban J connectivity index is 1.06. The largest absolute Gasteiger partial charge is 0.464 e. The molecule has 2 aromatic heterocycles. The number of hydrogen-bond donors (Lipinski definition) is 3. The molecule has 166 valence electrons. The quantitative estimate of drug-likeness (QED) is 0.280. The molecule has 9 nitrogen and oxygen atoms in total. The average molecular weight is 465 g/mol. The topological polar surface area (TPSA) is 123 Å². The second-order valence-corrected chi connectivity index (χ2v) is 9.62. The Labute approximate surface area is 187 Å². The van der Waals surface area contributed by atoms with E-state index >= 15 is 0 Å². The lowest BCUT2D eigenvalue weighted by Crippen LogP contribution is -2.36. The second kappa shape index (κ2) is 10.2. The number of carbonyl (C=O) groups excluding carboxylic acids is 3. The second-order valence-electron chi connectivity index (χ2n) is 7.40. The summed E-state index contributed by atoms with van der Waals surface area (Å²) < 4.78 is 10.4. The maximum absolute atomic E-state index is 12.1. The highest BCUT2D eigenvalue weighted by atomic mass is 32.2. The third-order valence-electron chi connectivity index (χ3n) is 5.22. The molecule has 0 bridgehead atoms. The van der Waals surface area contributed by atoms with Gasteiger partial charge in [-0.15, -0.1) is 11.3 Å². The van der Waals surface area contributed by atoms with E-state index in [2.05, 4.69) is 21.1 Å². The molecule has 0 unspecified atom stereocenters. The normalized spacial score (nSPS) is 21.9. The lowest BCUT2D eigenvalue weighted by molar-refractivity contribution is -0.143. The number of carbonyl (C=O) groups is 3. The molecular weight excluding hydrogens is 440 g/mol. The Morgan fingerprint density at radius 2 is 2.23 bits per heavy atom. The zero-order valence-corrected chi connectivity index (χ0v) is 18.4. The van der Waals surface area contributed by atoms with Gasteiger partial charge in [0, 0.05) is 23.5 Å². The van der Waals surface area contributed by atoms with Crippen molar-refractivity contribution >= 4 is 41.0 Å². The minimum atomic E-state index is -0.372. The van der Waals surface area contributed by atoms with Crippen molar-refractivity contribution in [3.8, 4) is 10.6 Å². The Morgan fingerprint density at radius 3 is 3.06 bits per heavy atom. The molecule has 2 aliphatic heterocycles. The summed E-state index contributed by atoms with van der Waals surface area (Å²) in [6.07, 6.45) is 2.95. The minimum absolute atomic E-state index is 0.0810. The Kier molecular flexibility index (Phi) is 7.13. The maximum atomic E-state index is 12.1. The molecular formula is C20H24N4O5S2. The summed E-state index contributed by atoms with van der Waals surface area (Å²) in [7, 11) is 0. The number of hydrogen-bond acceptors (Lipinski definition) is 8. The van der Waals surface area contributed by atoms with Gasteiger partial charge in [-0.05, 0) is 24.3 Å². The molecule has 11 heteroatoms. The minimum Gasteiger partial charge on any atom is -0.464 e. The number of urea groups is 1. The van der Waals surface area contributed by atoms with E-state index in [1.165, 1.54) is 11.3 Å². The van der Waals surface area contributed by atoms with Crippen LogP contribution in [0.4, 0.5) is 4.79 Å². The van der Waals surface area contributed by atoms with E-state index in [0.29, 0.717) is 17.4 Å². The molecule has 2 saturated heterocycles. The van der Waals surface area contributed by atoms with Crippen molar-refractivity contribution in [3.05, 3.63) is 29.3 Å². The third-order valence-corrected chi connectivity index (χ3v) is 7.61. The fourth-order valence-electron chi connectivity index (χ4n) is 3.67. The van der Waals surface area contributed by atoms with Crippen LogP contribution >= 0.6 is 23.1 Å². The van der Waals surface area contributed by atoms with Crippen molar-refractivity contribution in [1.29, 1.82) is 0 Å². The van der Waals surface area contributed by atoms with Gasteiger partial charge in [-0.1, -0.05) is 17.6 Å². The molecule has 3 N–H and O–H groups in total. The molecule has 0 spiro atoms. The van der Waals surface area contributed by atoms with E-state index in [9.17, 15) is 14.4 Å². The van der Waals surface area contributed by atoms with Gasteiger partial charge >= 0.3 is 12.0 Å². The summed E-state index contributed by atoms with van der Waals surface area (Å²) >= 11 is 3.37. The number of amides is 3. The van der Waals surface area contributed by atoms with Gasteiger partial charge < -0.3 is 25.2 Å². The van der Waals surface area contributed by atoms with E-state index in [4.69, 9.17) is 9.26 Å². The van der Waals surface area contributed by atoms with Gasteiger partial charge in [0.05, 0.1) is 23.5 Å². The predicted molar refractivity (Wildman–Crippen MR) is 117 cm³/mol. The molecule has 2 aromatic rings. The lowest BCUT2D eigenvalue weighted by Gasteiger charge is -2.16. The van der Waals surface area contributed by atoms with Crippen LogP contribution in [0.25, 0.3) is 10.6 Å². The number of unbranched alkanes of at least 4 members (excludes halogenated alkanes) is 1. The first-order valence-electron chi connectivity index (χ1n) is 10.2. The van der Waals surface area contributed by atoms with E-state index in [-0.39, 0.29) is 48.8 Å². The molecule has 4 heterocycles. The Bertz CT molecular complexity index is 917. The molecule has 0 saturated carbocycles. The van der Waals surface area contributed by atoms with Crippen LogP contribution in [0.5, 0.6) is 0 Å². The SMILES string of the molecule is O=C1N[C@H]2[C@H](CS[C@H]2CCCCC(=O)OCCNC(=O)c2cc(-c3cccs3)on2)N1.